The van der Waals surface area contributed by atoms with Crippen LogP contribution in [0.2, 0.25) is 0 Å². The molecule has 3 aromatic rings. The minimum Gasteiger partial charge on any atom is -0.450 e. The highest BCUT2D eigenvalue weighted by Gasteiger charge is 2.48. The third kappa shape index (κ3) is 2.78. The van der Waals surface area contributed by atoms with E-state index in [-0.39, 0.29) is 40.3 Å². The second-order valence-corrected chi connectivity index (χ2v) is 9.63. The van der Waals surface area contributed by atoms with Crippen LogP contribution in [0.3, 0.4) is 0 Å². The summed E-state index contributed by atoms with van der Waals surface area (Å²) in [5, 5.41) is 0.321. The molecule has 5 rings (SSSR count). The normalized spacial score (nSPS) is 22.9. The number of hydrogen-bond donors (Lipinski definition) is 0. The second kappa shape index (κ2) is 6.25. The van der Waals surface area contributed by atoms with Crippen LogP contribution in [-0.2, 0) is 9.84 Å². The number of hydrogen-bond acceptors (Lipinski definition) is 5. The fraction of sp³-hybridized carbons (Fsp3) is 0.238. The molecule has 0 spiro atoms. The maximum atomic E-state index is 14.0. The number of para-hydroxylation sites is 1. The van der Waals surface area contributed by atoms with Crippen molar-refractivity contribution in [2.75, 3.05) is 11.5 Å². The fourth-order valence-electron chi connectivity index (χ4n) is 4.31. The van der Waals surface area contributed by atoms with Gasteiger partial charge in [-0.2, -0.15) is 0 Å². The molecule has 0 saturated carbocycles. The summed E-state index contributed by atoms with van der Waals surface area (Å²) in [6, 6.07) is 10.8. The Morgan fingerprint density at radius 3 is 2.59 bits per heavy atom. The number of sulfone groups is 1. The van der Waals surface area contributed by atoms with E-state index in [1.165, 1.54) is 23.1 Å². The molecule has 0 N–H and O–H groups in total. The van der Waals surface area contributed by atoms with Gasteiger partial charge in [-0.1, -0.05) is 24.3 Å². The number of benzene rings is 2. The summed E-state index contributed by atoms with van der Waals surface area (Å²) in [4.78, 5) is 27.9. The number of halogens is 1. The lowest BCUT2D eigenvalue weighted by Gasteiger charge is -2.30. The minimum atomic E-state index is -3.28. The molecule has 6 nitrogen and oxygen atoms in total. The Morgan fingerprint density at radius 2 is 1.86 bits per heavy atom. The molecule has 0 unspecified atom stereocenters. The zero-order valence-corrected chi connectivity index (χ0v) is 16.0. The quantitative estimate of drug-likeness (QED) is 0.645. The summed E-state index contributed by atoms with van der Waals surface area (Å²) in [7, 11) is -3.28. The van der Waals surface area contributed by atoms with Crippen LogP contribution in [0.4, 0.5) is 4.39 Å². The Labute approximate surface area is 165 Å². The number of fused-ring (bicyclic) bond motifs is 2. The molecule has 2 atom stereocenters. The SMILES string of the molecule is O=C1c2oc3ccccc3c(=O)c2[C@H](c2cccc(F)c2)N1[C@@H]1CCS(=O)(=O)C1. The Kier molecular flexibility index (Phi) is 3.89. The van der Waals surface area contributed by atoms with E-state index in [0.29, 0.717) is 10.9 Å². The van der Waals surface area contributed by atoms with Crippen LogP contribution in [0.5, 0.6) is 0 Å². The van der Waals surface area contributed by atoms with Gasteiger partial charge in [-0.05, 0) is 36.2 Å². The predicted molar refractivity (Wildman–Crippen MR) is 104 cm³/mol. The van der Waals surface area contributed by atoms with E-state index in [0.717, 1.165) is 0 Å². The summed E-state index contributed by atoms with van der Waals surface area (Å²) in [6.45, 7) is 0. The highest BCUT2D eigenvalue weighted by Crippen LogP contribution is 2.41. The highest BCUT2D eigenvalue weighted by molar-refractivity contribution is 7.91. The molecule has 0 bridgehead atoms. The van der Waals surface area contributed by atoms with Gasteiger partial charge in [0.1, 0.15) is 11.4 Å². The van der Waals surface area contributed by atoms with Crippen LogP contribution < -0.4 is 5.43 Å². The predicted octanol–water partition coefficient (Wildman–Crippen LogP) is 2.66. The first-order chi connectivity index (χ1) is 13.9. The number of amides is 1. The zero-order valence-electron chi connectivity index (χ0n) is 15.2. The minimum absolute atomic E-state index is 0.0307. The van der Waals surface area contributed by atoms with Crippen LogP contribution in [0, 0.1) is 5.82 Å². The van der Waals surface area contributed by atoms with Crippen molar-refractivity contribution in [2.45, 2.75) is 18.5 Å². The van der Waals surface area contributed by atoms with Crippen molar-refractivity contribution < 1.29 is 22.0 Å². The fourth-order valence-corrected chi connectivity index (χ4v) is 6.02. The third-order valence-corrected chi connectivity index (χ3v) is 7.33. The molecule has 0 aliphatic carbocycles. The average molecular weight is 413 g/mol. The Morgan fingerprint density at radius 1 is 1.07 bits per heavy atom. The molecule has 148 valence electrons. The summed E-state index contributed by atoms with van der Waals surface area (Å²) in [6.07, 6.45) is 0.265. The number of nitrogens with zero attached hydrogens (tertiary/aromatic N) is 1. The molecule has 1 aromatic heterocycles. The molecular formula is C21H16FNO5S. The van der Waals surface area contributed by atoms with E-state index in [2.05, 4.69) is 0 Å². The molecule has 29 heavy (non-hydrogen) atoms. The highest BCUT2D eigenvalue weighted by atomic mass is 32.2. The van der Waals surface area contributed by atoms with E-state index in [9.17, 15) is 22.4 Å². The third-order valence-electron chi connectivity index (χ3n) is 5.58. The van der Waals surface area contributed by atoms with Gasteiger partial charge >= 0.3 is 0 Å². The average Bonchev–Trinajstić information content (AvgIpc) is 3.19. The van der Waals surface area contributed by atoms with Gasteiger partial charge in [-0.25, -0.2) is 12.8 Å². The van der Waals surface area contributed by atoms with E-state index >= 15 is 0 Å². The largest absolute Gasteiger partial charge is 0.450 e. The van der Waals surface area contributed by atoms with Crippen molar-refractivity contribution in [2.24, 2.45) is 0 Å². The van der Waals surface area contributed by atoms with Gasteiger partial charge in [0.2, 0.25) is 5.76 Å². The van der Waals surface area contributed by atoms with E-state index in [1.54, 1.807) is 30.3 Å². The molecule has 1 saturated heterocycles. The summed E-state index contributed by atoms with van der Waals surface area (Å²) < 4.78 is 43.9. The van der Waals surface area contributed by atoms with Crippen molar-refractivity contribution in [3.8, 4) is 0 Å². The van der Waals surface area contributed by atoms with Gasteiger partial charge < -0.3 is 9.32 Å². The number of rotatable bonds is 2. The number of carbonyl (C=O) groups is 1. The lowest BCUT2D eigenvalue weighted by molar-refractivity contribution is 0.0662. The van der Waals surface area contributed by atoms with E-state index in [4.69, 9.17) is 4.42 Å². The molecule has 2 aromatic carbocycles. The van der Waals surface area contributed by atoms with Crippen molar-refractivity contribution >= 4 is 26.7 Å². The Hall–Kier alpha value is -3.00. The van der Waals surface area contributed by atoms with E-state index < -0.39 is 33.6 Å². The van der Waals surface area contributed by atoms with Crippen molar-refractivity contribution in [3.63, 3.8) is 0 Å². The molecule has 2 aliphatic rings. The summed E-state index contributed by atoms with van der Waals surface area (Å²) in [5.41, 5.74) is 0.448. The molecular weight excluding hydrogens is 397 g/mol. The van der Waals surface area contributed by atoms with Crippen LogP contribution in [0.1, 0.15) is 34.1 Å². The Bertz CT molecular complexity index is 1330. The summed E-state index contributed by atoms with van der Waals surface area (Å²) in [5.74, 6) is -1.37. The first-order valence-electron chi connectivity index (χ1n) is 9.20. The topological polar surface area (TPSA) is 84.7 Å². The van der Waals surface area contributed by atoms with Gasteiger partial charge in [-0.3, -0.25) is 9.59 Å². The maximum absolute atomic E-state index is 14.0. The van der Waals surface area contributed by atoms with Crippen LogP contribution in [0.25, 0.3) is 11.0 Å². The van der Waals surface area contributed by atoms with Crippen LogP contribution in [-0.4, -0.2) is 36.8 Å². The lowest BCUT2D eigenvalue weighted by atomic mass is 9.97. The molecule has 1 amide bonds. The second-order valence-electron chi connectivity index (χ2n) is 7.40. The molecule has 0 radical (unpaired) electrons. The van der Waals surface area contributed by atoms with Gasteiger partial charge in [-0.15, -0.1) is 0 Å². The zero-order chi connectivity index (χ0) is 20.3. The molecule has 8 heteroatoms. The molecule has 3 heterocycles. The van der Waals surface area contributed by atoms with Crippen molar-refractivity contribution in [3.05, 3.63) is 81.5 Å². The van der Waals surface area contributed by atoms with E-state index in [1.807, 2.05) is 0 Å². The Balaban J connectivity index is 1.77. The van der Waals surface area contributed by atoms with Gasteiger partial charge in [0.15, 0.2) is 15.3 Å². The van der Waals surface area contributed by atoms with Crippen molar-refractivity contribution in [1.29, 1.82) is 0 Å². The maximum Gasteiger partial charge on any atom is 0.291 e. The monoisotopic (exact) mass is 413 g/mol. The molecule has 2 aliphatic heterocycles. The number of carbonyl (C=O) groups excluding carboxylic acids is 1. The first-order valence-corrected chi connectivity index (χ1v) is 11.0. The lowest BCUT2D eigenvalue weighted by Crippen LogP contribution is -2.40. The standard InChI is InChI=1S/C21H16FNO5S/c22-13-5-3-4-12(10-13)18-17-19(24)15-6-1-2-7-16(15)28-20(17)21(25)23(18)14-8-9-29(26,27)11-14/h1-7,10,14,18H,8-9,11H2/t14-,18+/m1/s1. The van der Waals surface area contributed by atoms with Gasteiger partial charge in [0, 0.05) is 6.04 Å². The smallest absolute Gasteiger partial charge is 0.291 e. The van der Waals surface area contributed by atoms with Gasteiger partial charge in [0.25, 0.3) is 5.91 Å². The summed E-state index contributed by atoms with van der Waals surface area (Å²) >= 11 is 0. The van der Waals surface area contributed by atoms with Crippen LogP contribution in [0.15, 0.2) is 57.7 Å². The van der Waals surface area contributed by atoms with Crippen LogP contribution >= 0.6 is 0 Å². The molecule has 1 fully saturated rings. The first kappa shape index (κ1) is 18.1. The van der Waals surface area contributed by atoms with Crippen molar-refractivity contribution in [1.82, 2.24) is 4.90 Å². The van der Waals surface area contributed by atoms with Gasteiger partial charge in [0.05, 0.1) is 28.5 Å².